The summed E-state index contributed by atoms with van der Waals surface area (Å²) in [5, 5.41) is 0.934. The molecule has 1 atom stereocenters. The van der Waals surface area contributed by atoms with E-state index in [9.17, 15) is 4.79 Å². The summed E-state index contributed by atoms with van der Waals surface area (Å²) < 4.78 is 0. The Morgan fingerprint density at radius 2 is 2.18 bits per heavy atom. The van der Waals surface area contributed by atoms with Crippen molar-refractivity contribution in [3.63, 3.8) is 0 Å². The third-order valence-electron chi connectivity index (χ3n) is 2.95. The lowest BCUT2D eigenvalue weighted by Crippen LogP contribution is -2.29. The lowest BCUT2D eigenvalue weighted by molar-refractivity contribution is 0.0788. The Labute approximate surface area is 115 Å². The maximum atomic E-state index is 12.2. The van der Waals surface area contributed by atoms with Gasteiger partial charge in [-0.1, -0.05) is 23.2 Å². The van der Waals surface area contributed by atoms with E-state index in [1.807, 2.05) is 0 Å². The highest BCUT2D eigenvalue weighted by molar-refractivity contribution is 6.36. The maximum Gasteiger partial charge on any atom is 0.255 e. The van der Waals surface area contributed by atoms with E-state index in [0.29, 0.717) is 34.0 Å². The first-order chi connectivity index (χ1) is 8.11. The average Bonchev–Trinajstić information content (AvgIpc) is 2.76. The molecule has 1 heterocycles. The van der Waals surface area contributed by atoms with Crippen LogP contribution in [0.25, 0.3) is 0 Å². The molecule has 2 nitrogen and oxygen atoms in total. The van der Waals surface area contributed by atoms with Crippen molar-refractivity contribution < 1.29 is 4.79 Å². The van der Waals surface area contributed by atoms with E-state index >= 15 is 0 Å². The summed E-state index contributed by atoms with van der Waals surface area (Å²) in [6, 6.07) is 4.93. The van der Waals surface area contributed by atoms with E-state index < -0.39 is 0 Å². The number of carbonyl (C=O) groups is 1. The molecular formula is C12H12Cl3NO. The number of amides is 1. The first-order valence-corrected chi connectivity index (χ1v) is 6.71. The molecule has 0 radical (unpaired) electrons. The standard InChI is InChI=1S/C12H12Cl3NO/c13-6-8-3-4-16(7-8)12(17)10-2-1-9(14)5-11(10)15/h1-2,5,8H,3-4,6-7H2. The number of carbonyl (C=O) groups excluding carboxylic acids is 1. The minimum Gasteiger partial charge on any atom is -0.338 e. The van der Waals surface area contributed by atoms with Gasteiger partial charge in [-0.3, -0.25) is 4.79 Å². The predicted molar refractivity (Wildman–Crippen MR) is 71.2 cm³/mol. The summed E-state index contributed by atoms with van der Waals surface area (Å²) in [5.41, 5.74) is 0.506. The molecule has 1 aliphatic rings. The number of benzene rings is 1. The highest BCUT2D eigenvalue weighted by Crippen LogP contribution is 2.25. The fraction of sp³-hybridized carbons (Fsp3) is 0.417. The fourth-order valence-corrected chi connectivity index (χ4v) is 2.72. The first kappa shape index (κ1) is 13.0. The Hall–Kier alpha value is -0.440. The first-order valence-electron chi connectivity index (χ1n) is 5.42. The number of halogens is 3. The van der Waals surface area contributed by atoms with Crippen molar-refractivity contribution in [1.29, 1.82) is 0 Å². The van der Waals surface area contributed by atoms with Crippen LogP contribution in [0.15, 0.2) is 18.2 Å². The van der Waals surface area contributed by atoms with Gasteiger partial charge in [0.25, 0.3) is 5.91 Å². The Balaban J connectivity index is 2.15. The molecule has 1 saturated heterocycles. The molecule has 1 amide bonds. The van der Waals surface area contributed by atoms with Gasteiger partial charge in [0.2, 0.25) is 0 Å². The van der Waals surface area contributed by atoms with Gasteiger partial charge in [0.05, 0.1) is 10.6 Å². The predicted octanol–water partition coefficient (Wildman–Crippen LogP) is 3.69. The van der Waals surface area contributed by atoms with Crippen molar-refractivity contribution in [2.75, 3.05) is 19.0 Å². The summed E-state index contributed by atoms with van der Waals surface area (Å²) in [5.74, 6) is 0.948. The summed E-state index contributed by atoms with van der Waals surface area (Å²) in [6.45, 7) is 1.45. The molecule has 0 spiro atoms. The summed E-state index contributed by atoms with van der Waals surface area (Å²) >= 11 is 17.6. The molecule has 0 N–H and O–H groups in total. The summed E-state index contributed by atoms with van der Waals surface area (Å²) in [7, 11) is 0. The van der Waals surface area contributed by atoms with Gasteiger partial charge in [-0.15, -0.1) is 11.6 Å². The van der Waals surface area contributed by atoms with E-state index in [4.69, 9.17) is 34.8 Å². The smallest absolute Gasteiger partial charge is 0.255 e. The van der Waals surface area contributed by atoms with Crippen molar-refractivity contribution in [2.45, 2.75) is 6.42 Å². The zero-order valence-electron chi connectivity index (χ0n) is 9.13. The van der Waals surface area contributed by atoms with Gasteiger partial charge in [0.1, 0.15) is 0 Å². The Bertz CT molecular complexity index is 436. The van der Waals surface area contributed by atoms with E-state index in [-0.39, 0.29) is 5.91 Å². The largest absolute Gasteiger partial charge is 0.338 e. The molecule has 17 heavy (non-hydrogen) atoms. The molecule has 1 aliphatic heterocycles. The minimum absolute atomic E-state index is 0.0423. The fourth-order valence-electron chi connectivity index (χ4n) is 1.98. The second-order valence-electron chi connectivity index (χ2n) is 4.18. The molecule has 0 bridgehead atoms. The van der Waals surface area contributed by atoms with Crippen molar-refractivity contribution in [3.05, 3.63) is 33.8 Å². The van der Waals surface area contributed by atoms with Crippen LogP contribution in [0.3, 0.4) is 0 Å². The number of rotatable bonds is 2. The Morgan fingerprint density at radius 1 is 1.41 bits per heavy atom. The molecule has 5 heteroatoms. The highest BCUT2D eigenvalue weighted by Gasteiger charge is 2.27. The number of hydrogen-bond acceptors (Lipinski definition) is 1. The molecule has 1 unspecified atom stereocenters. The molecule has 2 rings (SSSR count). The second-order valence-corrected chi connectivity index (χ2v) is 5.34. The normalized spacial score (nSPS) is 19.7. The highest BCUT2D eigenvalue weighted by atomic mass is 35.5. The van der Waals surface area contributed by atoms with Crippen LogP contribution in [0, 0.1) is 5.92 Å². The van der Waals surface area contributed by atoms with Crippen LogP contribution in [0.2, 0.25) is 10.0 Å². The van der Waals surface area contributed by atoms with E-state index in [2.05, 4.69) is 0 Å². The summed E-state index contributed by atoms with van der Waals surface area (Å²) in [4.78, 5) is 14.0. The van der Waals surface area contributed by atoms with E-state index in [1.165, 1.54) is 0 Å². The third kappa shape index (κ3) is 2.87. The maximum absolute atomic E-state index is 12.2. The molecule has 0 saturated carbocycles. The molecular weight excluding hydrogens is 280 g/mol. The number of alkyl halides is 1. The van der Waals surface area contributed by atoms with Crippen molar-refractivity contribution >= 4 is 40.7 Å². The van der Waals surface area contributed by atoms with Crippen molar-refractivity contribution in [1.82, 2.24) is 4.90 Å². The number of nitrogens with zero attached hydrogens (tertiary/aromatic N) is 1. The SMILES string of the molecule is O=C(c1ccc(Cl)cc1Cl)N1CCC(CCl)C1. The molecule has 0 aromatic heterocycles. The van der Waals surface area contributed by atoms with Crippen LogP contribution in [0.5, 0.6) is 0 Å². The van der Waals surface area contributed by atoms with Gasteiger partial charge in [-0.2, -0.15) is 0 Å². The molecule has 1 aromatic carbocycles. The van der Waals surface area contributed by atoms with Gasteiger partial charge < -0.3 is 4.90 Å². The third-order valence-corrected chi connectivity index (χ3v) is 3.94. The molecule has 1 fully saturated rings. The topological polar surface area (TPSA) is 20.3 Å². The van der Waals surface area contributed by atoms with Crippen LogP contribution < -0.4 is 0 Å². The molecule has 1 aromatic rings. The van der Waals surface area contributed by atoms with Crippen molar-refractivity contribution in [2.24, 2.45) is 5.92 Å². The van der Waals surface area contributed by atoms with Gasteiger partial charge >= 0.3 is 0 Å². The van der Waals surface area contributed by atoms with E-state index in [0.717, 1.165) is 13.0 Å². The van der Waals surface area contributed by atoms with Crippen molar-refractivity contribution in [3.8, 4) is 0 Å². The number of likely N-dealkylation sites (tertiary alicyclic amines) is 1. The minimum atomic E-state index is -0.0423. The zero-order valence-corrected chi connectivity index (χ0v) is 11.4. The van der Waals surface area contributed by atoms with Gasteiger partial charge in [-0.05, 0) is 30.5 Å². The Morgan fingerprint density at radius 3 is 2.76 bits per heavy atom. The van der Waals surface area contributed by atoms with Gasteiger partial charge in [0, 0.05) is 24.0 Å². The van der Waals surface area contributed by atoms with Crippen LogP contribution in [0.1, 0.15) is 16.8 Å². The molecule has 0 aliphatic carbocycles. The van der Waals surface area contributed by atoms with Crippen LogP contribution in [-0.2, 0) is 0 Å². The summed E-state index contributed by atoms with van der Waals surface area (Å²) in [6.07, 6.45) is 0.959. The van der Waals surface area contributed by atoms with Crippen LogP contribution >= 0.6 is 34.8 Å². The number of hydrogen-bond donors (Lipinski definition) is 0. The van der Waals surface area contributed by atoms with Crippen LogP contribution in [-0.4, -0.2) is 29.8 Å². The lowest BCUT2D eigenvalue weighted by Gasteiger charge is -2.17. The van der Waals surface area contributed by atoms with Gasteiger partial charge in [-0.25, -0.2) is 0 Å². The van der Waals surface area contributed by atoms with Gasteiger partial charge in [0.15, 0.2) is 0 Å². The monoisotopic (exact) mass is 291 g/mol. The van der Waals surface area contributed by atoms with Crippen LogP contribution in [0.4, 0.5) is 0 Å². The Kier molecular flexibility index (Phi) is 4.18. The molecule has 92 valence electrons. The zero-order chi connectivity index (χ0) is 12.4. The average molecular weight is 293 g/mol. The van der Waals surface area contributed by atoms with E-state index in [1.54, 1.807) is 23.1 Å². The lowest BCUT2D eigenvalue weighted by atomic mass is 10.1. The quantitative estimate of drug-likeness (QED) is 0.761. The second kappa shape index (κ2) is 5.47.